The molecule has 148 valence electrons. The Morgan fingerprint density at radius 2 is 1.92 bits per heavy atom. The van der Waals surface area contributed by atoms with Crippen LogP contribution in [-0.2, 0) is 16.1 Å². The van der Waals surface area contributed by atoms with Crippen molar-refractivity contribution in [2.75, 3.05) is 26.7 Å². The molecule has 2 atom stereocenters. The highest BCUT2D eigenvalue weighted by Gasteiger charge is 2.41. The van der Waals surface area contributed by atoms with Crippen LogP contribution < -0.4 is 10.6 Å². The van der Waals surface area contributed by atoms with Crippen LogP contribution in [0.5, 0.6) is 0 Å². The van der Waals surface area contributed by atoms with Gasteiger partial charge in [-0.25, -0.2) is 0 Å². The van der Waals surface area contributed by atoms with Gasteiger partial charge in [-0.05, 0) is 44.8 Å². The highest BCUT2D eigenvalue weighted by molar-refractivity contribution is 5.86. The Hall–Kier alpha value is -0.850. The number of benzene rings is 1. The van der Waals surface area contributed by atoms with Crippen LogP contribution in [0, 0.1) is 0 Å². The standard InChI is InChI=1S/C19H29N3O2.2ClH/c1-15-12-17(14-22(15)13-16-6-4-3-5-7-16)21-18(23)19(24-2)8-10-20-11-9-19;;/h3-7,15,17,20H,8-14H2,1-2H3,(H,21,23);2*1H. The molecule has 2 fully saturated rings. The highest BCUT2D eigenvalue weighted by atomic mass is 35.5. The molecule has 2 saturated heterocycles. The van der Waals surface area contributed by atoms with Crippen LogP contribution in [0.15, 0.2) is 30.3 Å². The topological polar surface area (TPSA) is 53.6 Å². The summed E-state index contributed by atoms with van der Waals surface area (Å²) in [7, 11) is 1.66. The van der Waals surface area contributed by atoms with Crippen LogP contribution in [0.4, 0.5) is 0 Å². The quantitative estimate of drug-likeness (QED) is 0.792. The summed E-state index contributed by atoms with van der Waals surface area (Å²) in [4.78, 5) is 15.2. The summed E-state index contributed by atoms with van der Waals surface area (Å²) < 4.78 is 5.63. The van der Waals surface area contributed by atoms with Crippen molar-refractivity contribution >= 4 is 30.7 Å². The second-order valence-electron chi connectivity index (χ2n) is 7.12. The number of ether oxygens (including phenoxy) is 1. The number of likely N-dealkylation sites (tertiary alicyclic amines) is 1. The Labute approximate surface area is 169 Å². The maximum Gasteiger partial charge on any atom is 0.252 e. The number of piperidine rings is 1. The molecule has 2 aliphatic rings. The molecule has 0 aromatic heterocycles. The van der Waals surface area contributed by atoms with Gasteiger partial charge in [0.05, 0.1) is 0 Å². The van der Waals surface area contributed by atoms with E-state index in [1.165, 1.54) is 5.56 Å². The van der Waals surface area contributed by atoms with E-state index in [0.29, 0.717) is 6.04 Å². The molecule has 1 aromatic rings. The van der Waals surface area contributed by atoms with Crippen LogP contribution >= 0.6 is 24.8 Å². The van der Waals surface area contributed by atoms with Gasteiger partial charge in [0.2, 0.25) is 0 Å². The molecule has 2 heterocycles. The molecule has 0 bridgehead atoms. The van der Waals surface area contributed by atoms with Crippen LogP contribution in [0.3, 0.4) is 0 Å². The van der Waals surface area contributed by atoms with Gasteiger partial charge in [0, 0.05) is 32.3 Å². The Balaban J connectivity index is 0.00000169. The number of hydrogen-bond acceptors (Lipinski definition) is 4. The Morgan fingerprint density at radius 1 is 1.27 bits per heavy atom. The first-order valence-electron chi connectivity index (χ1n) is 8.98. The van der Waals surface area contributed by atoms with Gasteiger partial charge in [-0.2, -0.15) is 0 Å². The molecule has 0 spiro atoms. The summed E-state index contributed by atoms with van der Waals surface area (Å²) in [5.41, 5.74) is 0.671. The normalized spacial score (nSPS) is 25.0. The maximum atomic E-state index is 12.8. The van der Waals surface area contributed by atoms with E-state index in [1.807, 2.05) is 6.07 Å². The number of carbonyl (C=O) groups is 1. The van der Waals surface area contributed by atoms with Crippen molar-refractivity contribution < 1.29 is 9.53 Å². The zero-order valence-corrected chi connectivity index (χ0v) is 17.2. The third kappa shape index (κ3) is 5.33. The van der Waals surface area contributed by atoms with Crippen LogP contribution in [-0.4, -0.2) is 55.2 Å². The fourth-order valence-electron chi connectivity index (χ4n) is 3.91. The number of hydrogen-bond donors (Lipinski definition) is 2. The number of nitrogens with one attached hydrogen (secondary N) is 2. The number of amides is 1. The first kappa shape index (κ1) is 23.2. The monoisotopic (exact) mass is 403 g/mol. The largest absolute Gasteiger partial charge is 0.368 e. The fraction of sp³-hybridized carbons (Fsp3) is 0.632. The van der Waals surface area contributed by atoms with Crippen molar-refractivity contribution in [3.8, 4) is 0 Å². The van der Waals surface area contributed by atoms with Crippen molar-refractivity contribution in [1.29, 1.82) is 0 Å². The molecule has 1 amide bonds. The fourth-order valence-corrected chi connectivity index (χ4v) is 3.91. The molecule has 2 N–H and O–H groups in total. The predicted octanol–water partition coefficient (Wildman–Crippen LogP) is 2.38. The van der Waals surface area contributed by atoms with E-state index in [-0.39, 0.29) is 36.8 Å². The molecular formula is C19H31Cl2N3O2. The van der Waals surface area contributed by atoms with Crippen molar-refractivity contribution in [3.05, 3.63) is 35.9 Å². The highest BCUT2D eigenvalue weighted by Crippen LogP contribution is 2.25. The third-order valence-corrected chi connectivity index (χ3v) is 5.48. The summed E-state index contributed by atoms with van der Waals surface area (Å²) in [5.74, 6) is 0.0604. The van der Waals surface area contributed by atoms with E-state index in [1.54, 1.807) is 7.11 Å². The van der Waals surface area contributed by atoms with Crippen molar-refractivity contribution in [1.82, 2.24) is 15.5 Å². The van der Waals surface area contributed by atoms with Gasteiger partial charge in [0.1, 0.15) is 5.60 Å². The van der Waals surface area contributed by atoms with E-state index < -0.39 is 5.60 Å². The number of carbonyl (C=O) groups excluding carboxylic acids is 1. The van der Waals surface area contributed by atoms with Crippen LogP contribution in [0.2, 0.25) is 0 Å². The summed E-state index contributed by atoms with van der Waals surface area (Å²) in [6.07, 6.45) is 2.48. The van der Waals surface area contributed by atoms with Gasteiger partial charge in [0.15, 0.2) is 0 Å². The number of halogens is 2. The second kappa shape index (κ2) is 10.5. The number of nitrogens with zero attached hydrogens (tertiary/aromatic N) is 1. The lowest BCUT2D eigenvalue weighted by molar-refractivity contribution is -0.147. The van der Waals surface area contributed by atoms with Gasteiger partial charge in [-0.15, -0.1) is 24.8 Å². The van der Waals surface area contributed by atoms with Crippen molar-refractivity contribution in [2.45, 2.75) is 50.4 Å². The zero-order valence-electron chi connectivity index (χ0n) is 15.6. The van der Waals surface area contributed by atoms with E-state index >= 15 is 0 Å². The third-order valence-electron chi connectivity index (χ3n) is 5.48. The van der Waals surface area contributed by atoms with E-state index in [0.717, 1.165) is 45.4 Å². The lowest BCUT2D eigenvalue weighted by Gasteiger charge is -2.35. The molecule has 0 aliphatic carbocycles. The lowest BCUT2D eigenvalue weighted by Crippen LogP contribution is -2.56. The van der Waals surface area contributed by atoms with Gasteiger partial charge < -0.3 is 15.4 Å². The van der Waals surface area contributed by atoms with Crippen LogP contribution in [0.1, 0.15) is 31.7 Å². The summed E-state index contributed by atoms with van der Waals surface area (Å²) >= 11 is 0. The molecule has 26 heavy (non-hydrogen) atoms. The maximum absolute atomic E-state index is 12.8. The molecular weight excluding hydrogens is 373 g/mol. The van der Waals surface area contributed by atoms with Gasteiger partial charge in [0.25, 0.3) is 5.91 Å². The van der Waals surface area contributed by atoms with Crippen molar-refractivity contribution in [3.63, 3.8) is 0 Å². The minimum Gasteiger partial charge on any atom is -0.368 e. The van der Waals surface area contributed by atoms with E-state index in [2.05, 4.69) is 46.7 Å². The smallest absolute Gasteiger partial charge is 0.252 e. The zero-order chi connectivity index (χ0) is 17.0. The minimum absolute atomic E-state index is 0. The van der Waals surface area contributed by atoms with Crippen LogP contribution in [0.25, 0.3) is 0 Å². The summed E-state index contributed by atoms with van der Waals surface area (Å²) in [6, 6.07) is 11.2. The van der Waals surface area contributed by atoms with E-state index in [4.69, 9.17) is 4.74 Å². The molecule has 7 heteroatoms. The van der Waals surface area contributed by atoms with Gasteiger partial charge >= 0.3 is 0 Å². The number of rotatable bonds is 5. The SMILES string of the molecule is COC1(C(=O)NC2CC(C)N(Cc3ccccc3)C2)CCNCC1.Cl.Cl. The molecule has 2 aliphatic heterocycles. The minimum atomic E-state index is -0.651. The first-order valence-corrected chi connectivity index (χ1v) is 8.98. The average molecular weight is 404 g/mol. The molecule has 0 saturated carbocycles. The Bertz CT molecular complexity index is 553. The lowest BCUT2D eigenvalue weighted by atomic mass is 9.90. The summed E-state index contributed by atoms with van der Waals surface area (Å²) in [5, 5.41) is 6.55. The first-order chi connectivity index (χ1) is 11.6. The molecule has 3 rings (SSSR count). The second-order valence-corrected chi connectivity index (χ2v) is 7.12. The molecule has 5 nitrogen and oxygen atoms in total. The van der Waals surface area contributed by atoms with Crippen molar-refractivity contribution in [2.24, 2.45) is 0 Å². The molecule has 0 radical (unpaired) electrons. The summed E-state index contributed by atoms with van der Waals surface area (Å²) in [6.45, 7) is 5.75. The Morgan fingerprint density at radius 3 is 2.54 bits per heavy atom. The molecule has 2 unspecified atom stereocenters. The Kier molecular flexibility index (Phi) is 9.34. The van der Waals surface area contributed by atoms with E-state index in [9.17, 15) is 4.79 Å². The van der Waals surface area contributed by atoms with Gasteiger partial charge in [-0.1, -0.05) is 30.3 Å². The predicted molar refractivity (Wildman–Crippen MR) is 109 cm³/mol. The van der Waals surface area contributed by atoms with Gasteiger partial charge in [-0.3, -0.25) is 9.69 Å². The average Bonchev–Trinajstić information content (AvgIpc) is 2.95. The number of methoxy groups -OCH3 is 1. The molecule has 1 aromatic carbocycles.